The number of H-pyrrole nitrogens is 1. The van der Waals surface area contributed by atoms with Crippen LogP contribution >= 0.6 is 0 Å². The quantitative estimate of drug-likeness (QED) is 0.677. The summed E-state index contributed by atoms with van der Waals surface area (Å²) in [6.07, 6.45) is 0.245. The Labute approximate surface area is 156 Å². The van der Waals surface area contributed by atoms with Crippen LogP contribution in [0.5, 0.6) is 0 Å². The highest BCUT2D eigenvalue weighted by molar-refractivity contribution is 5.86. The first-order chi connectivity index (χ1) is 12.6. The molecule has 0 unspecified atom stereocenters. The summed E-state index contributed by atoms with van der Waals surface area (Å²) in [5.41, 5.74) is -0.905. The second-order valence-corrected chi connectivity index (χ2v) is 7.37. The van der Waals surface area contributed by atoms with E-state index in [1.54, 1.807) is 38.1 Å². The van der Waals surface area contributed by atoms with Gasteiger partial charge in [-0.3, -0.25) is 9.59 Å². The number of rotatable bonds is 7. The normalized spacial score (nSPS) is 13.7. The Kier molecular flexibility index (Phi) is 6.20. The molecular formula is C19H25N3O5. The van der Waals surface area contributed by atoms with Crippen molar-refractivity contribution in [2.75, 3.05) is 0 Å². The molecule has 0 bridgehead atoms. The van der Waals surface area contributed by atoms with Crippen molar-refractivity contribution in [3.05, 3.63) is 45.1 Å². The standard InChI is InChI=1S/C19H25N3O5/c1-10(2)9-14(18(25)26)20-16(23)15(11(3)4)22-17(24)12-7-5-6-8-13(12)21-19(22)27/h5-8,10-11,14-15H,9H2,1-4H3,(H,20,23)(H,21,27)(H,25,26)/t14-,15-/m1/s1. The lowest BCUT2D eigenvalue weighted by Gasteiger charge is -2.25. The van der Waals surface area contributed by atoms with E-state index in [4.69, 9.17) is 0 Å². The van der Waals surface area contributed by atoms with Crippen molar-refractivity contribution in [3.63, 3.8) is 0 Å². The van der Waals surface area contributed by atoms with Crippen LogP contribution in [0.3, 0.4) is 0 Å². The summed E-state index contributed by atoms with van der Waals surface area (Å²) >= 11 is 0. The van der Waals surface area contributed by atoms with Gasteiger partial charge in [0.1, 0.15) is 12.1 Å². The molecule has 1 aromatic heterocycles. The minimum absolute atomic E-state index is 0.0516. The van der Waals surface area contributed by atoms with Gasteiger partial charge in [-0.25, -0.2) is 14.2 Å². The largest absolute Gasteiger partial charge is 0.480 e. The van der Waals surface area contributed by atoms with Crippen molar-refractivity contribution < 1.29 is 14.7 Å². The molecule has 146 valence electrons. The molecule has 0 aliphatic heterocycles. The molecule has 0 spiro atoms. The first-order valence-corrected chi connectivity index (χ1v) is 8.90. The molecule has 2 atom stereocenters. The van der Waals surface area contributed by atoms with Crippen LogP contribution in [0.25, 0.3) is 10.9 Å². The Balaban J connectivity index is 2.50. The van der Waals surface area contributed by atoms with Crippen molar-refractivity contribution in [2.45, 2.75) is 46.2 Å². The number of benzene rings is 1. The lowest BCUT2D eigenvalue weighted by atomic mass is 10.00. The van der Waals surface area contributed by atoms with E-state index in [9.17, 15) is 24.3 Å². The van der Waals surface area contributed by atoms with Gasteiger partial charge in [0.25, 0.3) is 5.56 Å². The molecule has 0 aliphatic carbocycles. The van der Waals surface area contributed by atoms with E-state index in [1.807, 2.05) is 13.8 Å². The number of fused-ring (bicyclic) bond motifs is 1. The third kappa shape index (κ3) is 4.45. The van der Waals surface area contributed by atoms with Crippen LogP contribution in [0, 0.1) is 11.8 Å². The van der Waals surface area contributed by atoms with Gasteiger partial charge in [-0.15, -0.1) is 0 Å². The van der Waals surface area contributed by atoms with Crippen LogP contribution in [0.4, 0.5) is 0 Å². The third-order valence-electron chi connectivity index (χ3n) is 4.34. The van der Waals surface area contributed by atoms with Crippen molar-refractivity contribution >= 4 is 22.8 Å². The van der Waals surface area contributed by atoms with E-state index in [0.29, 0.717) is 5.52 Å². The fourth-order valence-electron chi connectivity index (χ4n) is 3.10. The molecule has 0 fully saturated rings. The lowest BCUT2D eigenvalue weighted by molar-refractivity contribution is -0.143. The molecule has 0 aliphatic rings. The molecule has 2 rings (SSSR count). The Morgan fingerprint density at radius 3 is 2.33 bits per heavy atom. The van der Waals surface area contributed by atoms with E-state index in [0.717, 1.165) is 4.57 Å². The number of aromatic amines is 1. The molecule has 8 nitrogen and oxygen atoms in total. The monoisotopic (exact) mass is 375 g/mol. The van der Waals surface area contributed by atoms with Gasteiger partial charge in [-0.1, -0.05) is 39.8 Å². The zero-order chi connectivity index (χ0) is 20.3. The van der Waals surface area contributed by atoms with Crippen molar-refractivity contribution in [2.24, 2.45) is 11.8 Å². The summed E-state index contributed by atoms with van der Waals surface area (Å²) in [6.45, 7) is 7.09. The molecule has 0 saturated heterocycles. The fourth-order valence-corrected chi connectivity index (χ4v) is 3.10. The molecule has 1 amide bonds. The van der Waals surface area contributed by atoms with Gasteiger partial charge in [0, 0.05) is 0 Å². The lowest BCUT2D eigenvalue weighted by Crippen LogP contribution is -2.50. The zero-order valence-electron chi connectivity index (χ0n) is 15.9. The summed E-state index contributed by atoms with van der Waals surface area (Å²) in [6, 6.07) is 4.32. The summed E-state index contributed by atoms with van der Waals surface area (Å²) < 4.78 is 0.872. The number of nitrogens with zero attached hydrogens (tertiary/aromatic N) is 1. The number of carbonyl (C=O) groups is 2. The van der Waals surface area contributed by atoms with E-state index >= 15 is 0 Å². The third-order valence-corrected chi connectivity index (χ3v) is 4.34. The topological polar surface area (TPSA) is 121 Å². The molecule has 2 aromatic rings. The molecule has 27 heavy (non-hydrogen) atoms. The van der Waals surface area contributed by atoms with Crippen LogP contribution in [0.2, 0.25) is 0 Å². The molecule has 1 heterocycles. The number of hydrogen-bond donors (Lipinski definition) is 3. The summed E-state index contributed by atoms with van der Waals surface area (Å²) in [4.78, 5) is 52.3. The Morgan fingerprint density at radius 1 is 1.15 bits per heavy atom. The second kappa shape index (κ2) is 8.20. The SMILES string of the molecule is CC(C)C[C@@H](NC(=O)[C@@H](C(C)C)n1c(=O)[nH]c2ccccc2c1=O)C(=O)O. The molecule has 0 radical (unpaired) electrons. The van der Waals surface area contributed by atoms with E-state index < -0.39 is 41.1 Å². The Morgan fingerprint density at radius 2 is 1.78 bits per heavy atom. The van der Waals surface area contributed by atoms with Crippen LogP contribution in [0.1, 0.15) is 40.2 Å². The first kappa shape index (κ1) is 20.4. The maximum absolute atomic E-state index is 12.8. The van der Waals surface area contributed by atoms with Gasteiger partial charge in [0.15, 0.2) is 0 Å². The molecule has 3 N–H and O–H groups in total. The smallest absolute Gasteiger partial charge is 0.329 e. The van der Waals surface area contributed by atoms with Crippen LogP contribution < -0.4 is 16.6 Å². The average molecular weight is 375 g/mol. The van der Waals surface area contributed by atoms with Gasteiger partial charge < -0.3 is 15.4 Å². The number of aromatic nitrogens is 2. The maximum Gasteiger partial charge on any atom is 0.329 e. The Hall–Kier alpha value is -2.90. The number of nitrogens with one attached hydrogen (secondary N) is 2. The number of para-hydroxylation sites is 1. The minimum Gasteiger partial charge on any atom is -0.480 e. The van der Waals surface area contributed by atoms with E-state index in [1.165, 1.54) is 0 Å². The molecular weight excluding hydrogens is 350 g/mol. The first-order valence-electron chi connectivity index (χ1n) is 8.90. The zero-order valence-corrected chi connectivity index (χ0v) is 15.9. The molecule has 1 aromatic carbocycles. The van der Waals surface area contributed by atoms with Crippen molar-refractivity contribution in [3.8, 4) is 0 Å². The van der Waals surface area contributed by atoms with Crippen molar-refractivity contribution in [1.29, 1.82) is 0 Å². The molecule has 0 saturated carbocycles. The number of hydrogen-bond acceptors (Lipinski definition) is 4. The molecule has 8 heteroatoms. The fraction of sp³-hybridized carbons (Fsp3) is 0.474. The van der Waals surface area contributed by atoms with Crippen LogP contribution in [-0.2, 0) is 9.59 Å². The number of carbonyl (C=O) groups excluding carboxylic acids is 1. The summed E-state index contributed by atoms with van der Waals surface area (Å²) in [5.74, 6) is -2.17. The van der Waals surface area contributed by atoms with E-state index in [-0.39, 0.29) is 17.7 Å². The minimum atomic E-state index is -1.15. The summed E-state index contributed by atoms with van der Waals surface area (Å²) in [5, 5.41) is 12.1. The Bertz CT molecular complexity index is 958. The highest BCUT2D eigenvalue weighted by atomic mass is 16.4. The van der Waals surface area contributed by atoms with E-state index in [2.05, 4.69) is 10.3 Å². The van der Waals surface area contributed by atoms with Gasteiger partial charge in [-0.05, 0) is 30.4 Å². The van der Waals surface area contributed by atoms with Crippen LogP contribution in [-0.4, -0.2) is 32.6 Å². The predicted molar refractivity (Wildman–Crippen MR) is 102 cm³/mol. The summed E-state index contributed by atoms with van der Waals surface area (Å²) in [7, 11) is 0. The maximum atomic E-state index is 12.8. The van der Waals surface area contributed by atoms with Gasteiger partial charge in [-0.2, -0.15) is 0 Å². The highest BCUT2D eigenvalue weighted by Gasteiger charge is 2.31. The van der Waals surface area contributed by atoms with Crippen LogP contribution in [0.15, 0.2) is 33.9 Å². The number of amides is 1. The van der Waals surface area contributed by atoms with Gasteiger partial charge in [0.05, 0.1) is 10.9 Å². The van der Waals surface area contributed by atoms with Gasteiger partial charge >= 0.3 is 11.7 Å². The van der Waals surface area contributed by atoms with Crippen molar-refractivity contribution in [1.82, 2.24) is 14.9 Å². The number of aliphatic carboxylic acids is 1. The average Bonchev–Trinajstić information content (AvgIpc) is 2.56. The highest BCUT2D eigenvalue weighted by Crippen LogP contribution is 2.17. The number of carboxylic acids is 1. The van der Waals surface area contributed by atoms with Gasteiger partial charge in [0.2, 0.25) is 5.91 Å². The second-order valence-electron chi connectivity index (χ2n) is 7.37. The number of carboxylic acid groups (broad SMARTS) is 1. The predicted octanol–water partition coefficient (Wildman–Crippen LogP) is 1.50.